The fraction of sp³-hybridized carbons (Fsp3) is 0.182. The van der Waals surface area contributed by atoms with Crippen molar-refractivity contribution in [2.45, 2.75) is 17.7 Å². The van der Waals surface area contributed by atoms with Gasteiger partial charge in [-0.1, -0.05) is 0 Å². The first-order valence-electron chi connectivity index (χ1n) is 5.26. The van der Waals surface area contributed by atoms with E-state index in [-0.39, 0.29) is 10.8 Å². The van der Waals surface area contributed by atoms with Crippen LogP contribution >= 0.6 is 27.3 Å². The van der Waals surface area contributed by atoms with Gasteiger partial charge in [0, 0.05) is 17.3 Å². The number of anilines is 1. The molecule has 0 bridgehead atoms. The summed E-state index contributed by atoms with van der Waals surface area (Å²) in [5, 5.41) is 9.11. The average Bonchev–Trinajstić information content (AvgIpc) is 2.74. The molecule has 0 amide bonds. The Morgan fingerprint density at radius 1 is 1.53 bits per heavy atom. The summed E-state index contributed by atoms with van der Waals surface area (Å²) in [6, 6.07) is 3.11. The quantitative estimate of drug-likeness (QED) is 0.875. The van der Waals surface area contributed by atoms with E-state index in [4.69, 9.17) is 5.11 Å². The number of aromatic nitrogens is 1. The molecule has 0 aliphatic rings. The van der Waals surface area contributed by atoms with Gasteiger partial charge in [0.15, 0.2) is 0 Å². The van der Waals surface area contributed by atoms with Crippen molar-refractivity contribution in [1.82, 2.24) is 4.98 Å². The standard InChI is InChI=1S/C11H11BrN2O3S2/c1-7-4-11(18-10(7)6-15)19(16,17)14-9-2-3-13-5-8(9)12/h2-5,15H,6H2,1H3,(H,13,14). The monoisotopic (exact) mass is 362 g/mol. The molecule has 0 saturated carbocycles. The lowest BCUT2D eigenvalue weighted by Crippen LogP contribution is -2.11. The molecule has 2 aromatic heterocycles. The number of thiophene rings is 1. The summed E-state index contributed by atoms with van der Waals surface area (Å²) < 4.78 is 27.6. The summed E-state index contributed by atoms with van der Waals surface area (Å²) in [7, 11) is -3.65. The van der Waals surface area contributed by atoms with E-state index in [2.05, 4.69) is 25.6 Å². The number of halogens is 1. The van der Waals surface area contributed by atoms with Crippen molar-refractivity contribution < 1.29 is 13.5 Å². The van der Waals surface area contributed by atoms with Crippen molar-refractivity contribution in [2.75, 3.05) is 4.72 Å². The maximum absolute atomic E-state index is 12.2. The van der Waals surface area contributed by atoms with Gasteiger partial charge in [-0.2, -0.15) is 0 Å². The summed E-state index contributed by atoms with van der Waals surface area (Å²) in [6.07, 6.45) is 3.01. The highest BCUT2D eigenvalue weighted by Crippen LogP contribution is 2.29. The highest BCUT2D eigenvalue weighted by molar-refractivity contribution is 9.10. The van der Waals surface area contributed by atoms with E-state index in [0.29, 0.717) is 15.0 Å². The first-order chi connectivity index (χ1) is 8.94. The molecule has 0 unspecified atom stereocenters. The Morgan fingerprint density at radius 3 is 2.84 bits per heavy atom. The first-order valence-corrected chi connectivity index (χ1v) is 8.36. The van der Waals surface area contributed by atoms with Crippen LogP contribution in [0.4, 0.5) is 5.69 Å². The molecule has 0 aliphatic heterocycles. The van der Waals surface area contributed by atoms with Crippen LogP contribution in [0.3, 0.4) is 0 Å². The highest BCUT2D eigenvalue weighted by atomic mass is 79.9. The minimum atomic E-state index is -3.65. The smallest absolute Gasteiger partial charge is 0.271 e. The largest absolute Gasteiger partial charge is 0.391 e. The van der Waals surface area contributed by atoms with Crippen LogP contribution in [0.5, 0.6) is 0 Å². The number of aliphatic hydroxyl groups is 1. The summed E-state index contributed by atoms with van der Waals surface area (Å²) in [6.45, 7) is 1.61. The molecule has 2 heterocycles. The van der Waals surface area contributed by atoms with Crippen molar-refractivity contribution in [3.8, 4) is 0 Å². The minimum Gasteiger partial charge on any atom is -0.391 e. The minimum absolute atomic E-state index is 0.162. The lowest BCUT2D eigenvalue weighted by atomic mass is 10.3. The Hall–Kier alpha value is -0.960. The van der Waals surface area contributed by atoms with Gasteiger partial charge in [-0.05, 0) is 40.5 Å². The summed E-state index contributed by atoms with van der Waals surface area (Å²) >= 11 is 4.29. The first kappa shape index (κ1) is 14.4. The normalized spacial score (nSPS) is 11.5. The number of aliphatic hydroxyl groups excluding tert-OH is 1. The zero-order valence-corrected chi connectivity index (χ0v) is 13.1. The van der Waals surface area contributed by atoms with E-state index >= 15 is 0 Å². The molecule has 2 rings (SSSR count). The lowest BCUT2D eigenvalue weighted by molar-refractivity contribution is 0.285. The molecule has 19 heavy (non-hydrogen) atoms. The predicted octanol–water partition coefficient (Wildman–Crippen LogP) is 2.51. The number of pyridine rings is 1. The van der Waals surface area contributed by atoms with Crippen molar-refractivity contribution in [2.24, 2.45) is 0 Å². The number of nitrogens with one attached hydrogen (secondary N) is 1. The van der Waals surface area contributed by atoms with Crippen LogP contribution in [-0.2, 0) is 16.6 Å². The molecule has 2 N–H and O–H groups in total. The SMILES string of the molecule is Cc1cc(S(=O)(=O)Nc2ccncc2Br)sc1CO. The lowest BCUT2D eigenvalue weighted by Gasteiger charge is -2.07. The van der Waals surface area contributed by atoms with Gasteiger partial charge < -0.3 is 5.11 Å². The van der Waals surface area contributed by atoms with Gasteiger partial charge in [0.25, 0.3) is 10.0 Å². The molecule has 0 fully saturated rings. The molecule has 0 spiro atoms. The van der Waals surface area contributed by atoms with Crippen LogP contribution in [-0.4, -0.2) is 18.5 Å². The third-order valence-electron chi connectivity index (χ3n) is 2.42. The van der Waals surface area contributed by atoms with Gasteiger partial charge in [-0.3, -0.25) is 9.71 Å². The molecule has 0 saturated heterocycles. The van der Waals surface area contributed by atoms with E-state index in [1.165, 1.54) is 12.4 Å². The molecule has 0 atom stereocenters. The van der Waals surface area contributed by atoms with Crippen LogP contribution in [0.25, 0.3) is 0 Å². The molecular formula is C11H11BrN2O3S2. The Kier molecular flexibility index (Phi) is 4.24. The number of aryl methyl sites for hydroxylation is 1. The van der Waals surface area contributed by atoms with Crippen molar-refractivity contribution in [3.05, 3.63) is 39.4 Å². The van der Waals surface area contributed by atoms with Crippen LogP contribution in [0.2, 0.25) is 0 Å². The molecule has 0 aromatic carbocycles. The Bertz CT molecular complexity index is 698. The average molecular weight is 363 g/mol. The second-order valence-corrected chi connectivity index (χ2v) is 7.69. The maximum atomic E-state index is 12.2. The second kappa shape index (κ2) is 5.58. The second-order valence-electron chi connectivity index (χ2n) is 3.79. The topological polar surface area (TPSA) is 79.3 Å². The molecule has 5 nitrogen and oxygen atoms in total. The summed E-state index contributed by atoms with van der Waals surface area (Å²) in [5.41, 5.74) is 1.19. The fourth-order valence-electron chi connectivity index (χ4n) is 1.43. The van der Waals surface area contributed by atoms with Gasteiger partial charge in [0.2, 0.25) is 0 Å². The Morgan fingerprint density at radius 2 is 2.26 bits per heavy atom. The van der Waals surface area contributed by atoms with E-state index < -0.39 is 10.0 Å². The van der Waals surface area contributed by atoms with Gasteiger partial charge in [0.05, 0.1) is 16.8 Å². The molecular weight excluding hydrogens is 352 g/mol. The van der Waals surface area contributed by atoms with E-state index in [1.54, 1.807) is 19.1 Å². The van der Waals surface area contributed by atoms with Crippen LogP contribution in [0.1, 0.15) is 10.4 Å². The van der Waals surface area contributed by atoms with E-state index in [1.807, 2.05) is 0 Å². The number of sulfonamides is 1. The van der Waals surface area contributed by atoms with Crippen molar-refractivity contribution in [3.63, 3.8) is 0 Å². The zero-order chi connectivity index (χ0) is 14.0. The molecule has 102 valence electrons. The van der Waals surface area contributed by atoms with Crippen LogP contribution in [0.15, 0.2) is 33.2 Å². The fourth-order valence-corrected chi connectivity index (χ4v) is 4.44. The maximum Gasteiger partial charge on any atom is 0.271 e. The zero-order valence-electron chi connectivity index (χ0n) is 9.92. The number of hydrogen-bond acceptors (Lipinski definition) is 5. The molecule has 0 radical (unpaired) electrons. The third-order valence-corrected chi connectivity index (χ3v) is 6.12. The number of nitrogens with zero attached hydrogens (tertiary/aromatic N) is 1. The van der Waals surface area contributed by atoms with E-state index in [0.717, 1.165) is 16.9 Å². The van der Waals surface area contributed by atoms with Crippen molar-refractivity contribution >= 4 is 43.0 Å². The summed E-state index contributed by atoms with van der Waals surface area (Å²) in [4.78, 5) is 4.51. The molecule has 0 aliphatic carbocycles. The third kappa shape index (κ3) is 3.14. The van der Waals surface area contributed by atoms with Gasteiger partial charge >= 0.3 is 0 Å². The van der Waals surface area contributed by atoms with Gasteiger partial charge in [0.1, 0.15) is 4.21 Å². The number of hydrogen-bond donors (Lipinski definition) is 2. The predicted molar refractivity (Wildman–Crippen MR) is 77.7 cm³/mol. The number of rotatable bonds is 4. The van der Waals surface area contributed by atoms with Crippen molar-refractivity contribution in [1.29, 1.82) is 0 Å². The molecule has 8 heteroatoms. The Labute approximate surface area is 123 Å². The highest BCUT2D eigenvalue weighted by Gasteiger charge is 2.19. The van der Waals surface area contributed by atoms with Gasteiger partial charge in [-0.25, -0.2) is 8.42 Å². The van der Waals surface area contributed by atoms with Crippen LogP contribution in [0, 0.1) is 6.92 Å². The summed E-state index contributed by atoms with van der Waals surface area (Å²) in [5.74, 6) is 0. The van der Waals surface area contributed by atoms with Gasteiger partial charge in [-0.15, -0.1) is 11.3 Å². The molecule has 2 aromatic rings. The van der Waals surface area contributed by atoms with Crippen LogP contribution < -0.4 is 4.72 Å². The Balaban J connectivity index is 2.35. The van der Waals surface area contributed by atoms with E-state index in [9.17, 15) is 8.42 Å².